The topological polar surface area (TPSA) is 187 Å². The molecule has 0 aromatic heterocycles. The summed E-state index contributed by atoms with van der Waals surface area (Å²) < 4.78 is 54.5. The third-order valence-corrected chi connectivity index (χ3v) is 15.3. The van der Waals surface area contributed by atoms with Crippen LogP contribution in [0.4, 0.5) is 11.4 Å². The molecule has 0 amide bonds. The summed E-state index contributed by atoms with van der Waals surface area (Å²) in [5.41, 5.74) is -5.57. The first-order chi connectivity index (χ1) is 24.3. The van der Waals surface area contributed by atoms with Crippen LogP contribution in [0, 0.1) is 39.2 Å². The number of ether oxygens (including phenoxy) is 4. The lowest BCUT2D eigenvalue weighted by Gasteiger charge is -2.70. The summed E-state index contributed by atoms with van der Waals surface area (Å²) in [7, 11) is 0.420. The molecule has 5 aliphatic carbocycles. The molecule has 6 fully saturated rings. The summed E-state index contributed by atoms with van der Waals surface area (Å²) in [5, 5.41) is 37.5. The van der Waals surface area contributed by atoms with Gasteiger partial charge < -0.3 is 29.2 Å². The van der Waals surface area contributed by atoms with Crippen LogP contribution in [0.1, 0.15) is 49.4 Å². The molecule has 51 heavy (non-hydrogen) atoms. The van der Waals surface area contributed by atoms with Gasteiger partial charge in [0.2, 0.25) is 0 Å². The number of piperidine rings is 1. The molecule has 3 N–H and O–H groups in total. The second-order valence-electron chi connectivity index (χ2n) is 15.3. The number of hydrogen-bond donors (Lipinski definition) is 3. The Morgan fingerprint density at radius 1 is 1.04 bits per heavy atom. The number of anilines is 1. The van der Waals surface area contributed by atoms with Crippen LogP contribution in [-0.2, 0) is 29.0 Å². The van der Waals surface area contributed by atoms with Crippen molar-refractivity contribution >= 4 is 27.4 Å². The fraction of sp³-hybridized carbons (Fsp3) is 0.639. The third-order valence-electron chi connectivity index (χ3n) is 13.9. The zero-order valence-corrected chi connectivity index (χ0v) is 29.9. The number of carbonyl (C=O) groups excluding carboxylic acids is 1. The number of esters is 1. The number of nitro groups is 1. The average molecular weight is 728 g/mol. The van der Waals surface area contributed by atoms with E-state index in [9.17, 15) is 33.5 Å². The van der Waals surface area contributed by atoms with E-state index in [1.807, 2.05) is 6.92 Å². The quantitative estimate of drug-likeness (QED) is 0.185. The van der Waals surface area contributed by atoms with Gasteiger partial charge >= 0.3 is 5.97 Å². The minimum atomic E-state index is -4.49. The number of nitrogens with zero attached hydrogens (tertiary/aromatic N) is 2. The molecule has 276 valence electrons. The van der Waals surface area contributed by atoms with Crippen molar-refractivity contribution in [2.24, 2.45) is 29.1 Å². The SMILES string of the molecule is CCN1C[C@]2(OC(=O)c3ccccc3NS(=O)(=O)c3ccccc3[N+](=O)[O-])CC[C@H](OC)[C@]34C1[C@H](C[C@H]23)[C@@]1(O)C[C@H](OC)[C@H]2C[C@@H]4[C@]1(O)[C@H]2OC. The van der Waals surface area contributed by atoms with Crippen molar-refractivity contribution in [3.05, 3.63) is 64.2 Å². The highest BCUT2D eigenvalue weighted by molar-refractivity contribution is 7.92. The molecule has 2 aromatic carbocycles. The summed E-state index contributed by atoms with van der Waals surface area (Å²) in [6, 6.07) is 10.9. The third kappa shape index (κ3) is 4.30. The van der Waals surface area contributed by atoms with Gasteiger partial charge in [0.1, 0.15) is 16.8 Å². The number of benzene rings is 2. The van der Waals surface area contributed by atoms with Crippen molar-refractivity contribution in [2.75, 3.05) is 39.1 Å². The van der Waals surface area contributed by atoms with Crippen LogP contribution >= 0.6 is 0 Å². The lowest BCUT2D eigenvalue weighted by molar-refractivity contribution is -0.387. The fourth-order valence-electron chi connectivity index (χ4n) is 12.4. The Morgan fingerprint density at radius 3 is 2.45 bits per heavy atom. The Kier molecular flexibility index (Phi) is 7.97. The van der Waals surface area contributed by atoms with Gasteiger partial charge in [-0.25, -0.2) is 13.2 Å². The van der Waals surface area contributed by atoms with E-state index in [0.717, 1.165) is 12.1 Å². The predicted molar refractivity (Wildman–Crippen MR) is 181 cm³/mol. The summed E-state index contributed by atoms with van der Waals surface area (Å²) in [6.45, 7) is 3.04. The second kappa shape index (κ2) is 11.7. The number of rotatable bonds is 10. The summed E-state index contributed by atoms with van der Waals surface area (Å²) in [6.07, 6.45) is 1.05. The van der Waals surface area contributed by atoms with E-state index in [-0.39, 0.29) is 47.8 Å². The molecule has 1 heterocycles. The summed E-state index contributed by atoms with van der Waals surface area (Å²) in [4.78, 5) is 27.1. The van der Waals surface area contributed by atoms with Crippen LogP contribution in [0.5, 0.6) is 0 Å². The molecule has 14 nitrogen and oxygen atoms in total. The maximum Gasteiger partial charge on any atom is 0.340 e. The number of methoxy groups -OCH3 is 3. The van der Waals surface area contributed by atoms with Gasteiger partial charge in [0.25, 0.3) is 15.7 Å². The maximum atomic E-state index is 14.4. The zero-order valence-electron chi connectivity index (χ0n) is 29.1. The smallest absolute Gasteiger partial charge is 0.340 e. The lowest BCUT2D eigenvalue weighted by Crippen LogP contribution is -2.83. The van der Waals surface area contributed by atoms with Gasteiger partial charge in [-0.3, -0.25) is 19.7 Å². The van der Waals surface area contributed by atoms with Gasteiger partial charge in [-0.1, -0.05) is 31.2 Å². The summed E-state index contributed by atoms with van der Waals surface area (Å²) in [5.74, 6) is -2.03. The molecule has 5 saturated carbocycles. The molecule has 12 atom stereocenters. The Bertz CT molecular complexity index is 1880. The first kappa shape index (κ1) is 34.9. The second-order valence-corrected chi connectivity index (χ2v) is 17.0. The van der Waals surface area contributed by atoms with Crippen molar-refractivity contribution in [3.8, 4) is 0 Å². The number of carbonyl (C=O) groups is 1. The molecule has 8 rings (SSSR count). The van der Waals surface area contributed by atoms with Gasteiger partial charge in [0.05, 0.1) is 34.5 Å². The highest BCUT2D eigenvalue weighted by Gasteiger charge is 2.89. The van der Waals surface area contributed by atoms with Crippen LogP contribution in [0.2, 0.25) is 0 Å². The predicted octanol–water partition coefficient (Wildman–Crippen LogP) is 2.97. The van der Waals surface area contributed by atoms with Crippen LogP contribution in [0.25, 0.3) is 0 Å². The number of aliphatic hydroxyl groups is 2. The highest BCUT2D eigenvalue weighted by atomic mass is 32.2. The van der Waals surface area contributed by atoms with Crippen molar-refractivity contribution in [1.82, 2.24) is 4.90 Å². The Balaban J connectivity index is 1.20. The standard InChI is InChI=1S/C36H45N3O11S/c1-5-38-19-33(50-32(40)20-10-6-7-11-23(20)37-51(45,46)26-13-9-8-12-24(26)39(43)44)15-14-29(48-3)35-27(33)17-22(30(35)38)34(41)18-25(47-2)21-16-28(35)36(34,42)31(21)49-4/h6-13,21-22,25,27-31,37,41-42H,5,14-19H2,1-4H3/t21-,22+,25+,27-,28+,29+,30?,31+,33-,34+,35+,36+/m1/s1. The number of likely N-dealkylation sites (tertiary alicyclic amines) is 1. The highest BCUT2D eigenvalue weighted by Crippen LogP contribution is 2.79. The zero-order chi connectivity index (χ0) is 36.3. The number of nitrogens with one attached hydrogen (secondary N) is 1. The largest absolute Gasteiger partial charge is 0.454 e. The molecule has 1 aliphatic heterocycles. The fourth-order valence-corrected chi connectivity index (χ4v) is 13.7. The molecule has 1 spiro atoms. The van der Waals surface area contributed by atoms with Gasteiger partial charge in [-0.15, -0.1) is 0 Å². The molecule has 7 bridgehead atoms. The molecule has 1 saturated heterocycles. The van der Waals surface area contributed by atoms with Crippen LogP contribution in [-0.4, -0.2) is 110 Å². The van der Waals surface area contributed by atoms with Gasteiger partial charge in [-0.2, -0.15) is 0 Å². The Labute approximate surface area is 296 Å². The van der Waals surface area contributed by atoms with Crippen molar-refractivity contribution in [1.29, 1.82) is 0 Å². The normalized spacial score (nSPS) is 42.0. The van der Waals surface area contributed by atoms with E-state index in [1.54, 1.807) is 33.5 Å². The molecule has 15 heteroatoms. The van der Waals surface area contributed by atoms with Gasteiger partial charge in [0, 0.05) is 75.5 Å². The first-order valence-electron chi connectivity index (χ1n) is 17.6. The molecular weight excluding hydrogens is 682 g/mol. The van der Waals surface area contributed by atoms with Crippen molar-refractivity contribution in [2.45, 2.75) is 85.1 Å². The molecule has 6 aliphatic rings. The molecular formula is C36H45N3O11S. The number of hydrogen-bond acceptors (Lipinski definition) is 12. The average Bonchev–Trinajstić information content (AvgIpc) is 3.54. The minimum absolute atomic E-state index is 0.0412. The molecule has 2 aromatic rings. The lowest BCUT2D eigenvalue weighted by atomic mass is 9.44. The van der Waals surface area contributed by atoms with Crippen LogP contribution in [0.15, 0.2) is 53.4 Å². The molecule has 0 radical (unpaired) electrons. The number of sulfonamides is 1. The number of fused-ring (bicyclic) bond motifs is 2. The van der Waals surface area contributed by atoms with Gasteiger partial charge in [-0.05, 0) is 50.4 Å². The number of likely N-dealkylation sites (N-methyl/N-ethyl adjacent to an activating group) is 1. The first-order valence-corrected chi connectivity index (χ1v) is 19.1. The molecule has 1 unspecified atom stereocenters. The number of nitro benzene ring substituents is 1. The van der Waals surface area contributed by atoms with Crippen molar-refractivity contribution in [3.63, 3.8) is 0 Å². The van der Waals surface area contributed by atoms with E-state index < -0.39 is 71.7 Å². The Morgan fingerprint density at radius 2 is 1.76 bits per heavy atom. The minimum Gasteiger partial charge on any atom is -0.454 e. The van der Waals surface area contributed by atoms with E-state index in [0.29, 0.717) is 38.8 Å². The van der Waals surface area contributed by atoms with Crippen LogP contribution < -0.4 is 4.72 Å². The maximum absolute atomic E-state index is 14.4. The van der Waals surface area contributed by atoms with Crippen molar-refractivity contribution < 1.29 is 47.3 Å². The monoisotopic (exact) mass is 727 g/mol. The van der Waals surface area contributed by atoms with E-state index in [2.05, 4.69) is 9.62 Å². The van der Waals surface area contributed by atoms with E-state index in [4.69, 9.17) is 18.9 Å². The number of para-hydroxylation sites is 2. The Hall–Kier alpha value is -3.18. The van der Waals surface area contributed by atoms with E-state index in [1.165, 1.54) is 24.3 Å². The van der Waals surface area contributed by atoms with Crippen LogP contribution in [0.3, 0.4) is 0 Å². The van der Waals surface area contributed by atoms with E-state index >= 15 is 0 Å². The van der Waals surface area contributed by atoms with Gasteiger partial charge in [0.15, 0.2) is 4.90 Å². The summed E-state index contributed by atoms with van der Waals surface area (Å²) >= 11 is 0.